The second kappa shape index (κ2) is 8.36. The van der Waals surface area contributed by atoms with E-state index in [0.717, 1.165) is 11.3 Å². The molecule has 0 bridgehead atoms. The Morgan fingerprint density at radius 1 is 1.23 bits per heavy atom. The highest BCUT2D eigenvalue weighted by molar-refractivity contribution is 5.98. The number of esters is 1. The van der Waals surface area contributed by atoms with E-state index in [2.05, 4.69) is 10.2 Å². The van der Waals surface area contributed by atoms with Gasteiger partial charge in [0.15, 0.2) is 0 Å². The zero-order chi connectivity index (χ0) is 21.1. The van der Waals surface area contributed by atoms with Gasteiger partial charge in [-0.25, -0.2) is 0 Å². The number of rotatable bonds is 5. The lowest BCUT2D eigenvalue weighted by molar-refractivity contribution is -0.150. The molecule has 1 saturated heterocycles. The first kappa shape index (κ1) is 20.2. The number of methoxy groups -OCH3 is 1. The predicted octanol–water partition coefficient (Wildman–Crippen LogP) is 2.25. The molecule has 2 aromatic carbocycles. The molecular formula is C23H26N2O5. The van der Waals surface area contributed by atoms with Crippen molar-refractivity contribution in [3.63, 3.8) is 0 Å². The van der Waals surface area contributed by atoms with Crippen LogP contribution in [0.2, 0.25) is 0 Å². The zero-order valence-corrected chi connectivity index (χ0v) is 17.2. The summed E-state index contributed by atoms with van der Waals surface area (Å²) in [4.78, 5) is 27.9. The van der Waals surface area contributed by atoms with Crippen LogP contribution in [0, 0.1) is 5.92 Å². The Hall–Kier alpha value is -3.06. The Bertz CT molecular complexity index is 929. The maximum atomic E-state index is 13.0. The number of hydrogen-bond acceptors (Lipinski definition) is 6. The van der Waals surface area contributed by atoms with Gasteiger partial charge in [0.2, 0.25) is 0 Å². The van der Waals surface area contributed by atoms with Crippen LogP contribution in [0.5, 0.6) is 11.5 Å². The maximum absolute atomic E-state index is 13.0. The molecule has 1 spiro atoms. The van der Waals surface area contributed by atoms with Crippen LogP contribution in [0.15, 0.2) is 48.5 Å². The van der Waals surface area contributed by atoms with Gasteiger partial charge in [-0.2, -0.15) is 0 Å². The van der Waals surface area contributed by atoms with Crippen molar-refractivity contribution in [2.75, 3.05) is 33.4 Å². The molecular weight excluding hydrogens is 384 g/mol. The fraction of sp³-hybridized carbons (Fsp3) is 0.391. The van der Waals surface area contributed by atoms with Crippen LogP contribution in [0.4, 0.5) is 0 Å². The van der Waals surface area contributed by atoms with E-state index in [9.17, 15) is 9.59 Å². The van der Waals surface area contributed by atoms with Crippen molar-refractivity contribution in [3.05, 3.63) is 59.7 Å². The van der Waals surface area contributed by atoms with E-state index in [1.165, 1.54) is 0 Å². The van der Waals surface area contributed by atoms with Gasteiger partial charge in [0, 0.05) is 19.6 Å². The summed E-state index contributed by atoms with van der Waals surface area (Å²) >= 11 is 0. The van der Waals surface area contributed by atoms with Gasteiger partial charge in [0.05, 0.1) is 25.2 Å². The smallest absolute Gasteiger partial charge is 0.312 e. The first-order chi connectivity index (χ1) is 14.5. The molecule has 0 aromatic heterocycles. The Kier molecular flexibility index (Phi) is 5.63. The molecule has 1 fully saturated rings. The van der Waals surface area contributed by atoms with E-state index >= 15 is 0 Å². The Morgan fingerprint density at radius 3 is 2.73 bits per heavy atom. The van der Waals surface area contributed by atoms with Crippen molar-refractivity contribution >= 4 is 11.9 Å². The van der Waals surface area contributed by atoms with E-state index in [0.29, 0.717) is 37.6 Å². The molecule has 1 N–H and O–H groups in total. The third-order valence-electron chi connectivity index (χ3n) is 5.73. The summed E-state index contributed by atoms with van der Waals surface area (Å²) in [6.45, 7) is 3.89. The standard InChI is InChI=1S/C23H26N2O5/c1-3-29-22(27)19-13-25(12-16-8-10-17(28-2)11-9-16)14-23(19)15-30-20-7-5-4-6-18(20)21(26)24-23/h4-11,19H,3,12-15H2,1-2H3,(H,24,26)/t19-,23-/m0/s1. The van der Waals surface area contributed by atoms with Gasteiger partial charge >= 0.3 is 5.97 Å². The highest BCUT2D eigenvalue weighted by Crippen LogP contribution is 2.34. The monoisotopic (exact) mass is 410 g/mol. The molecule has 0 saturated carbocycles. The molecule has 2 aromatic rings. The number of ether oxygens (including phenoxy) is 3. The highest BCUT2D eigenvalue weighted by atomic mass is 16.5. The van der Waals surface area contributed by atoms with Gasteiger partial charge in [-0.3, -0.25) is 14.5 Å². The van der Waals surface area contributed by atoms with E-state index in [-0.39, 0.29) is 18.5 Å². The molecule has 7 nitrogen and oxygen atoms in total. The third kappa shape index (κ3) is 3.85. The average molecular weight is 410 g/mol. The molecule has 2 aliphatic heterocycles. The molecule has 2 aliphatic rings. The minimum atomic E-state index is -0.852. The lowest BCUT2D eigenvalue weighted by Crippen LogP contribution is -2.59. The van der Waals surface area contributed by atoms with Gasteiger partial charge in [-0.1, -0.05) is 24.3 Å². The van der Waals surface area contributed by atoms with Crippen LogP contribution in [0.1, 0.15) is 22.8 Å². The highest BCUT2D eigenvalue weighted by Gasteiger charge is 2.53. The summed E-state index contributed by atoms with van der Waals surface area (Å²) in [5, 5.41) is 3.11. The number of carbonyl (C=O) groups is 2. The summed E-state index contributed by atoms with van der Waals surface area (Å²) in [6.07, 6.45) is 0. The van der Waals surface area contributed by atoms with Crippen LogP contribution in [0.3, 0.4) is 0 Å². The van der Waals surface area contributed by atoms with Gasteiger partial charge in [-0.05, 0) is 36.8 Å². The van der Waals surface area contributed by atoms with Crippen molar-refractivity contribution in [2.45, 2.75) is 19.0 Å². The third-order valence-corrected chi connectivity index (χ3v) is 5.73. The van der Waals surface area contributed by atoms with Gasteiger partial charge in [0.25, 0.3) is 5.91 Å². The topological polar surface area (TPSA) is 77.1 Å². The van der Waals surface area contributed by atoms with Gasteiger partial charge in [-0.15, -0.1) is 0 Å². The summed E-state index contributed by atoms with van der Waals surface area (Å²) in [7, 11) is 1.63. The fourth-order valence-electron chi connectivity index (χ4n) is 4.25. The number of carbonyl (C=O) groups excluding carboxylic acids is 2. The lowest BCUT2D eigenvalue weighted by Gasteiger charge is -2.32. The minimum Gasteiger partial charge on any atom is -0.497 e. The number of fused-ring (bicyclic) bond motifs is 1. The normalized spacial score (nSPS) is 23.3. The molecule has 1 amide bonds. The van der Waals surface area contributed by atoms with Crippen molar-refractivity contribution in [3.8, 4) is 11.5 Å². The first-order valence-corrected chi connectivity index (χ1v) is 10.1. The van der Waals surface area contributed by atoms with Gasteiger partial charge in [0.1, 0.15) is 23.6 Å². The summed E-state index contributed by atoms with van der Waals surface area (Å²) in [5.74, 6) is 0.258. The molecule has 30 heavy (non-hydrogen) atoms. The number of hydrogen-bond donors (Lipinski definition) is 1. The molecule has 2 heterocycles. The van der Waals surface area contributed by atoms with Crippen molar-refractivity contribution in [1.82, 2.24) is 10.2 Å². The SMILES string of the molecule is CCOC(=O)[C@@H]1CN(Cc2ccc(OC)cc2)C[C@]12COc1ccccc1C(=O)N2. The number of nitrogens with zero attached hydrogens (tertiary/aromatic N) is 1. The first-order valence-electron chi connectivity index (χ1n) is 10.1. The quantitative estimate of drug-likeness (QED) is 0.762. The molecule has 2 atom stereocenters. The molecule has 0 unspecified atom stereocenters. The molecule has 0 aliphatic carbocycles. The number of nitrogens with one attached hydrogen (secondary N) is 1. The minimum absolute atomic E-state index is 0.207. The zero-order valence-electron chi connectivity index (χ0n) is 17.2. The number of para-hydroxylation sites is 1. The lowest BCUT2D eigenvalue weighted by atomic mass is 9.87. The number of benzene rings is 2. The Morgan fingerprint density at radius 2 is 2.00 bits per heavy atom. The molecule has 0 radical (unpaired) electrons. The van der Waals surface area contributed by atoms with Crippen LogP contribution in [0.25, 0.3) is 0 Å². The van der Waals surface area contributed by atoms with E-state index in [4.69, 9.17) is 14.2 Å². The van der Waals surface area contributed by atoms with Crippen LogP contribution in [-0.4, -0.2) is 55.7 Å². The Balaban J connectivity index is 1.59. The molecule has 7 heteroatoms. The predicted molar refractivity (Wildman–Crippen MR) is 111 cm³/mol. The number of amides is 1. The average Bonchev–Trinajstić information content (AvgIpc) is 3.03. The largest absolute Gasteiger partial charge is 0.497 e. The van der Waals surface area contributed by atoms with E-state index in [1.54, 1.807) is 32.2 Å². The van der Waals surface area contributed by atoms with Crippen LogP contribution < -0.4 is 14.8 Å². The number of likely N-dealkylation sites (tertiary alicyclic amines) is 1. The Labute approximate surface area is 175 Å². The summed E-state index contributed by atoms with van der Waals surface area (Å²) in [5.41, 5.74) is 0.722. The molecule has 4 rings (SSSR count). The summed E-state index contributed by atoms with van der Waals surface area (Å²) in [6, 6.07) is 15.0. The van der Waals surface area contributed by atoms with E-state index < -0.39 is 11.5 Å². The maximum Gasteiger partial charge on any atom is 0.312 e. The van der Waals surface area contributed by atoms with Crippen molar-refractivity contribution < 1.29 is 23.8 Å². The van der Waals surface area contributed by atoms with Gasteiger partial charge < -0.3 is 19.5 Å². The second-order valence-electron chi connectivity index (χ2n) is 7.72. The fourth-order valence-corrected chi connectivity index (χ4v) is 4.25. The van der Waals surface area contributed by atoms with Crippen molar-refractivity contribution in [2.24, 2.45) is 5.92 Å². The second-order valence-corrected chi connectivity index (χ2v) is 7.72. The van der Waals surface area contributed by atoms with Crippen LogP contribution in [-0.2, 0) is 16.1 Å². The van der Waals surface area contributed by atoms with Crippen LogP contribution >= 0.6 is 0 Å². The summed E-state index contributed by atoms with van der Waals surface area (Å²) < 4.78 is 16.6. The van der Waals surface area contributed by atoms with Crippen molar-refractivity contribution in [1.29, 1.82) is 0 Å². The van der Waals surface area contributed by atoms with E-state index in [1.807, 2.05) is 30.3 Å². The molecule has 158 valence electrons.